The molecule has 2 aromatic rings. The zero-order valence-corrected chi connectivity index (χ0v) is 11.6. The maximum atomic E-state index is 12.3. The van der Waals surface area contributed by atoms with E-state index in [2.05, 4.69) is 12.1 Å². The van der Waals surface area contributed by atoms with E-state index >= 15 is 0 Å². The number of rotatable bonds is 5. The van der Waals surface area contributed by atoms with Crippen molar-refractivity contribution in [2.75, 3.05) is 7.11 Å². The molecule has 0 N–H and O–H groups in total. The third-order valence-electron chi connectivity index (χ3n) is 3.94. The highest BCUT2D eigenvalue weighted by atomic mass is 16.5. The second-order valence-corrected chi connectivity index (χ2v) is 5.35. The van der Waals surface area contributed by atoms with Crippen molar-refractivity contribution in [2.24, 2.45) is 5.92 Å². The molecule has 2 atom stereocenters. The van der Waals surface area contributed by atoms with Gasteiger partial charge in [-0.3, -0.25) is 4.79 Å². The Hall–Kier alpha value is -2.09. The van der Waals surface area contributed by atoms with Gasteiger partial charge in [0, 0.05) is 12.3 Å². The number of hydrogen-bond donors (Lipinski definition) is 0. The lowest BCUT2D eigenvalue weighted by Crippen LogP contribution is -2.06. The van der Waals surface area contributed by atoms with Gasteiger partial charge in [0.25, 0.3) is 0 Å². The summed E-state index contributed by atoms with van der Waals surface area (Å²) >= 11 is 0. The van der Waals surface area contributed by atoms with Crippen LogP contribution < -0.4 is 4.74 Å². The summed E-state index contributed by atoms with van der Waals surface area (Å²) in [4.78, 5) is 12.3. The van der Waals surface area contributed by atoms with E-state index in [4.69, 9.17) is 4.74 Å². The van der Waals surface area contributed by atoms with Crippen molar-refractivity contribution in [1.82, 2.24) is 0 Å². The second-order valence-electron chi connectivity index (χ2n) is 5.35. The first-order valence-electron chi connectivity index (χ1n) is 6.98. The van der Waals surface area contributed by atoms with Gasteiger partial charge in [0.1, 0.15) is 11.5 Å². The Balaban J connectivity index is 1.64. The summed E-state index contributed by atoms with van der Waals surface area (Å²) in [5.74, 6) is 1.77. The highest BCUT2D eigenvalue weighted by Gasteiger charge is 2.43. The fourth-order valence-corrected chi connectivity index (χ4v) is 2.73. The smallest absolute Gasteiger partial charge is 0.140 e. The molecule has 3 rings (SSSR count). The van der Waals surface area contributed by atoms with Crippen LogP contribution in [0.15, 0.2) is 54.6 Å². The topological polar surface area (TPSA) is 26.3 Å². The summed E-state index contributed by atoms with van der Waals surface area (Å²) in [6.07, 6.45) is 1.50. The van der Waals surface area contributed by atoms with Crippen molar-refractivity contribution in [3.05, 3.63) is 65.7 Å². The summed E-state index contributed by atoms with van der Waals surface area (Å²) in [5.41, 5.74) is 2.32. The minimum atomic E-state index is 0.198. The molecule has 1 aliphatic rings. The molecule has 0 heterocycles. The van der Waals surface area contributed by atoms with Crippen LogP contribution in [0.1, 0.15) is 23.5 Å². The number of carbonyl (C=O) groups excluding carboxylic acids is 1. The standard InChI is InChI=1S/C18H18O2/c1-20-15-9-5-6-13(10-15)11-18(19)17-12-16(17)14-7-3-2-4-8-14/h2-10,16-17H,11-12H2,1H3. The van der Waals surface area contributed by atoms with Crippen molar-refractivity contribution >= 4 is 5.78 Å². The number of ether oxygens (including phenoxy) is 1. The molecule has 0 aliphatic heterocycles. The fourth-order valence-electron chi connectivity index (χ4n) is 2.73. The average Bonchev–Trinajstić information content (AvgIpc) is 3.29. The number of methoxy groups -OCH3 is 1. The summed E-state index contributed by atoms with van der Waals surface area (Å²) in [6.45, 7) is 0. The minimum absolute atomic E-state index is 0.198. The minimum Gasteiger partial charge on any atom is -0.497 e. The van der Waals surface area contributed by atoms with Gasteiger partial charge in [-0.2, -0.15) is 0 Å². The van der Waals surface area contributed by atoms with Crippen LogP contribution in [0.2, 0.25) is 0 Å². The zero-order chi connectivity index (χ0) is 13.9. The van der Waals surface area contributed by atoms with Gasteiger partial charge in [-0.25, -0.2) is 0 Å². The summed E-state index contributed by atoms with van der Waals surface area (Å²) in [5, 5.41) is 0. The Morgan fingerprint density at radius 3 is 2.70 bits per heavy atom. The summed E-state index contributed by atoms with van der Waals surface area (Å²) < 4.78 is 5.19. The molecular weight excluding hydrogens is 248 g/mol. The summed E-state index contributed by atoms with van der Waals surface area (Å²) in [7, 11) is 1.65. The van der Waals surface area contributed by atoms with Crippen LogP contribution >= 0.6 is 0 Å². The van der Waals surface area contributed by atoms with E-state index in [0.717, 1.165) is 17.7 Å². The van der Waals surface area contributed by atoms with E-state index in [-0.39, 0.29) is 5.92 Å². The monoisotopic (exact) mass is 266 g/mol. The van der Waals surface area contributed by atoms with Crippen LogP contribution in [0.3, 0.4) is 0 Å². The number of benzene rings is 2. The molecule has 2 heteroatoms. The van der Waals surface area contributed by atoms with E-state index in [1.165, 1.54) is 5.56 Å². The van der Waals surface area contributed by atoms with Gasteiger partial charge in [-0.15, -0.1) is 0 Å². The predicted molar refractivity (Wildman–Crippen MR) is 79.0 cm³/mol. The van der Waals surface area contributed by atoms with E-state index in [9.17, 15) is 4.79 Å². The Morgan fingerprint density at radius 2 is 1.95 bits per heavy atom. The molecule has 0 amide bonds. The molecular formula is C18H18O2. The first-order valence-corrected chi connectivity index (χ1v) is 6.98. The van der Waals surface area contributed by atoms with Crippen LogP contribution in [0.25, 0.3) is 0 Å². The molecule has 0 saturated heterocycles. The van der Waals surface area contributed by atoms with Crippen molar-refractivity contribution in [3.8, 4) is 5.75 Å². The van der Waals surface area contributed by atoms with Gasteiger partial charge >= 0.3 is 0 Å². The zero-order valence-electron chi connectivity index (χ0n) is 11.6. The largest absolute Gasteiger partial charge is 0.497 e. The first kappa shape index (κ1) is 12.9. The third kappa shape index (κ3) is 2.74. The molecule has 0 bridgehead atoms. The van der Waals surface area contributed by atoms with Crippen LogP contribution in [-0.2, 0) is 11.2 Å². The SMILES string of the molecule is COc1cccc(CC(=O)C2CC2c2ccccc2)c1. The lowest BCUT2D eigenvalue weighted by atomic mass is 10.0. The number of ketones is 1. The molecule has 1 fully saturated rings. The van der Waals surface area contributed by atoms with Crippen LogP contribution in [0.4, 0.5) is 0 Å². The van der Waals surface area contributed by atoms with Gasteiger partial charge in [-0.05, 0) is 35.6 Å². The number of hydrogen-bond acceptors (Lipinski definition) is 2. The van der Waals surface area contributed by atoms with Crippen LogP contribution in [-0.4, -0.2) is 12.9 Å². The highest BCUT2D eigenvalue weighted by Crippen LogP contribution is 2.48. The van der Waals surface area contributed by atoms with E-state index in [0.29, 0.717) is 18.1 Å². The van der Waals surface area contributed by atoms with E-state index in [1.54, 1.807) is 7.11 Å². The van der Waals surface area contributed by atoms with Gasteiger partial charge in [-0.1, -0.05) is 42.5 Å². The molecule has 1 aliphatic carbocycles. The molecule has 102 valence electrons. The molecule has 1 saturated carbocycles. The number of Topliss-reactive ketones (excluding diaryl/α,β-unsaturated/α-hetero) is 1. The third-order valence-corrected chi connectivity index (χ3v) is 3.94. The quantitative estimate of drug-likeness (QED) is 0.826. The lowest BCUT2D eigenvalue weighted by molar-refractivity contribution is -0.119. The molecule has 0 radical (unpaired) electrons. The Bertz CT molecular complexity index is 604. The normalized spacial score (nSPS) is 20.4. The molecule has 0 aromatic heterocycles. The Labute approximate surface area is 119 Å². The summed E-state index contributed by atoms with van der Waals surface area (Å²) in [6, 6.07) is 18.1. The second kappa shape index (κ2) is 5.49. The van der Waals surface area contributed by atoms with Crippen LogP contribution in [0.5, 0.6) is 5.75 Å². The van der Waals surface area contributed by atoms with Crippen molar-refractivity contribution in [3.63, 3.8) is 0 Å². The average molecular weight is 266 g/mol. The van der Waals surface area contributed by atoms with Gasteiger partial charge in [0.15, 0.2) is 0 Å². The van der Waals surface area contributed by atoms with Crippen molar-refractivity contribution in [1.29, 1.82) is 0 Å². The van der Waals surface area contributed by atoms with Crippen LogP contribution in [0, 0.1) is 5.92 Å². The van der Waals surface area contributed by atoms with E-state index < -0.39 is 0 Å². The van der Waals surface area contributed by atoms with E-state index in [1.807, 2.05) is 42.5 Å². The maximum Gasteiger partial charge on any atom is 0.140 e. The van der Waals surface area contributed by atoms with Gasteiger partial charge < -0.3 is 4.74 Å². The predicted octanol–water partition coefficient (Wildman–Crippen LogP) is 3.61. The Morgan fingerprint density at radius 1 is 1.15 bits per heavy atom. The maximum absolute atomic E-state index is 12.3. The lowest BCUT2D eigenvalue weighted by Gasteiger charge is -2.04. The molecule has 2 aromatic carbocycles. The van der Waals surface area contributed by atoms with Gasteiger partial charge in [0.05, 0.1) is 7.11 Å². The van der Waals surface area contributed by atoms with Crippen molar-refractivity contribution in [2.45, 2.75) is 18.8 Å². The highest BCUT2D eigenvalue weighted by molar-refractivity contribution is 5.87. The Kier molecular flexibility index (Phi) is 3.55. The van der Waals surface area contributed by atoms with Gasteiger partial charge in [0.2, 0.25) is 0 Å². The molecule has 20 heavy (non-hydrogen) atoms. The first-order chi connectivity index (χ1) is 9.78. The van der Waals surface area contributed by atoms with Crippen molar-refractivity contribution < 1.29 is 9.53 Å². The fraction of sp³-hybridized carbons (Fsp3) is 0.278. The molecule has 0 spiro atoms. The number of carbonyl (C=O) groups is 1. The molecule has 2 nitrogen and oxygen atoms in total. The molecule has 2 unspecified atom stereocenters.